The Labute approximate surface area is 90.7 Å². The molecule has 2 rings (SSSR count). The highest BCUT2D eigenvalue weighted by atomic mass is 16.2. The summed E-state index contributed by atoms with van der Waals surface area (Å²) in [4.78, 5) is 15.2. The van der Waals surface area contributed by atoms with Crippen LogP contribution in [0.15, 0.2) is 0 Å². The summed E-state index contributed by atoms with van der Waals surface area (Å²) < 4.78 is 0. The normalized spacial score (nSPS) is 23.7. The molecule has 1 saturated heterocycles. The van der Waals surface area contributed by atoms with Crippen LogP contribution in [0.25, 0.3) is 0 Å². The SMILES string of the molecule is CN1CCN(C(=N)C2CCCC2)CC1=O. The van der Waals surface area contributed by atoms with Gasteiger partial charge < -0.3 is 9.80 Å². The lowest BCUT2D eigenvalue weighted by Gasteiger charge is -2.35. The van der Waals surface area contributed by atoms with Crippen molar-refractivity contribution in [2.24, 2.45) is 5.92 Å². The molecule has 2 aliphatic rings. The first kappa shape index (κ1) is 10.5. The smallest absolute Gasteiger partial charge is 0.241 e. The number of carbonyl (C=O) groups excluding carboxylic acids is 1. The third-order valence-electron chi connectivity index (χ3n) is 3.54. The van der Waals surface area contributed by atoms with E-state index in [1.165, 1.54) is 12.8 Å². The van der Waals surface area contributed by atoms with E-state index in [0.29, 0.717) is 18.3 Å². The number of nitrogens with one attached hydrogen (secondary N) is 1. The minimum absolute atomic E-state index is 0.143. The fraction of sp³-hybridized carbons (Fsp3) is 0.818. The van der Waals surface area contributed by atoms with Crippen LogP contribution in [0, 0.1) is 11.3 Å². The van der Waals surface area contributed by atoms with E-state index in [1.54, 1.807) is 4.90 Å². The topological polar surface area (TPSA) is 47.4 Å². The van der Waals surface area contributed by atoms with Crippen LogP contribution in [0.4, 0.5) is 0 Å². The molecule has 0 aromatic carbocycles. The minimum atomic E-state index is 0.143. The van der Waals surface area contributed by atoms with Gasteiger partial charge in [-0.2, -0.15) is 0 Å². The zero-order valence-corrected chi connectivity index (χ0v) is 9.33. The van der Waals surface area contributed by atoms with E-state index < -0.39 is 0 Å². The number of hydrogen-bond acceptors (Lipinski definition) is 2. The number of amides is 1. The third kappa shape index (κ3) is 2.13. The van der Waals surface area contributed by atoms with Crippen LogP contribution >= 0.6 is 0 Å². The molecule has 1 heterocycles. The summed E-state index contributed by atoms with van der Waals surface area (Å²) in [5.74, 6) is 1.26. The van der Waals surface area contributed by atoms with E-state index in [-0.39, 0.29) is 5.91 Å². The summed E-state index contributed by atoms with van der Waals surface area (Å²) >= 11 is 0. The zero-order chi connectivity index (χ0) is 10.8. The van der Waals surface area contributed by atoms with Crippen molar-refractivity contribution in [2.45, 2.75) is 25.7 Å². The van der Waals surface area contributed by atoms with E-state index in [4.69, 9.17) is 5.41 Å². The summed E-state index contributed by atoms with van der Waals surface area (Å²) in [6.07, 6.45) is 4.77. The van der Waals surface area contributed by atoms with Gasteiger partial charge in [-0.15, -0.1) is 0 Å². The fourth-order valence-corrected chi connectivity index (χ4v) is 2.42. The Morgan fingerprint density at radius 3 is 2.60 bits per heavy atom. The summed E-state index contributed by atoms with van der Waals surface area (Å²) in [6.45, 7) is 2.00. The number of carbonyl (C=O) groups is 1. The first-order chi connectivity index (χ1) is 7.18. The second kappa shape index (κ2) is 4.21. The number of amidine groups is 1. The molecule has 2 fully saturated rings. The molecule has 1 aliphatic heterocycles. The molecular weight excluding hydrogens is 190 g/mol. The Morgan fingerprint density at radius 2 is 2.00 bits per heavy atom. The van der Waals surface area contributed by atoms with Crippen molar-refractivity contribution in [3.63, 3.8) is 0 Å². The second-order valence-electron chi connectivity index (χ2n) is 4.60. The van der Waals surface area contributed by atoms with Crippen LogP contribution in [0.3, 0.4) is 0 Å². The quantitative estimate of drug-likeness (QED) is 0.516. The van der Waals surface area contributed by atoms with Gasteiger partial charge >= 0.3 is 0 Å². The first-order valence-electron chi connectivity index (χ1n) is 5.76. The molecule has 0 spiro atoms. The highest BCUT2D eigenvalue weighted by Gasteiger charge is 2.28. The van der Waals surface area contributed by atoms with Gasteiger partial charge in [-0.25, -0.2) is 0 Å². The van der Waals surface area contributed by atoms with Crippen LogP contribution in [0.1, 0.15) is 25.7 Å². The van der Waals surface area contributed by atoms with Crippen LogP contribution < -0.4 is 0 Å². The van der Waals surface area contributed by atoms with Crippen molar-refractivity contribution in [3.05, 3.63) is 0 Å². The van der Waals surface area contributed by atoms with Gasteiger partial charge in [0, 0.05) is 26.1 Å². The molecule has 0 aromatic rings. The third-order valence-corrected chi connectivity index (χ3v) is 3.54. The monoisotopic (exact) mass is 209 g/mol. The molecule has 0 unspecified atom stereocenters. The minimum Gasteiger partial charge on any atom is -0.349 e. The number of likely N-dealkylation sites (N-methyl/N-ethyl adjacent to an activating group) is 1. The van der Waals surface area contributed by atoms with E-state index in [9.17, 15) is 4.79 Å². The molecular formula is C11H19N3O. The van der Waals surface area contributed by atoms with E-state index in [0.717, 1.165) is 25.9 Å². The average molecular weight is 209 g/mol. The molecule has 1 aliphatic carbocycles. The number of nitrogens with zero attached hydrogens (tertiary/aromatic N) is 2. The van der Waals surface area contributed by atoms with Gasteiger partial charge in [0.05, 0.1) is 12.4 Å². The highest BCUT2D eigenvalue weighted by Crippen LogP contribution is 2.27. The van der Waals surface area contributed by atoms with Gasteiger partial charge in [0.25, 0.3) is 0 Å². The van der Waals surface area contributed by atoms with Crippen molar-refractivity contribution >= 4 is 11.7 Å². The summed E-state index contributed by atoms with van der Waals surface area (Å²) in [5.41, 5.74) is 0. The Morgan fingerprint density at radius 1 is 1.33 bits per heavy atom. The zero-order valence-electron chi connectivity index (χ0n) is 9.33. The van der Waals surface area contributed by atoms with Crippen molar-refractivity contribution in [3.8, 4) is 0 Å². The van der Waals surface area contributed by atoms with Gasteiger partial charge in [0.2, 0.25) is 5.91 Å². The number of piperazine rings is 1. The molecule has 1 amide bonds. The molecule has 1 saturated carbocycles. The fourth-order valence-electron chi connectivity index (χ4n) is 2.42. The van der Waals surface area contributed by atoms with Gasteiger partial charge in [0.15, 0.2) is 0 Å². The molecule has 0 bridgehead atoms. The van der Waals surface area contributed by atoms with Gasteiger partial charge in [-0.1, -0.05) is 12.8 Å². The van der Waals surface area contributed by atoms with Gasteiger partial charge in [0.1, 0.15) is 0 Å². The number of hydrogen-bond donors (Lipinski definition) is 1. The lowest BCUT2D eigenvalue weighted by Crippen LogP contribution is -2.51. The second-order valence-corrected chi connectivity index (χ2v) is 4.60. The van der Waals surface area contributed by atoms with Crippen molar-refractivity contribution in [1.29, 1.82) is 5.41 Å². The molecule has 4 nitrogen and oxygen atoms in total. The van der Waals surface area contributed by atoms with Crippen molar-refractivity contribution in [1.82, 2.24) is 9.80 Å². The Kier molecular flexibility index (Phi) is 2.93. The summed E-state index contributed by atoms with van der Waals surface area (Å²) in [7, 11) is 1.83. The molecule has 0 radical (unpaired) electrons. The average Bonchev–Trinajstić information content (AvgIpc) is 2.74. The van der Waals surface area contributed by atoms with E-state index >= 15 is 0 Å². The molecule has 1 N–H and O–H groups in total. The summed E-state index contributed by atoms with van der Waals surface area (Å²) in [6, 6.07) is 0. The van der Waals surface area contributed by atoms with E-state index in [2.05, 4.69) is 0 Å². The maximum absolute atomic E-state index is 11.5. The molecule has 15 heavy (non-hydrogen) atoms. The molecule has 4 heteroatoms. The maximum atomic E-state index is 11.5. The lowest BCUT2D eigenvalue weighted by molar-refractivity contribution is -0.132. The molecule has 0 aromatic heterocycles. The van der Waals surface area contributed by atoms with Crippen LogP contribution in [-0.4, -0.2) is 48.2 Å². The Bertz CT molecular complexity index is 271. The van der Waals surface area contributed by atoms with Gasteiger partial charge in [-0.05, 0) is 12.8 Å². The maximum Gasteiger partial charge on any atom is 0.241 e. The largest absolute Gasteiger partial charge is 0.349 e. The van der Waals surface area contributed by atoms with Crippen molar-refractivity contribution < 1.29 is 4.79 Å². The Balaban J connectivity index is 1.93. The highest BCUT2D eigenvalue weighted by molar-refractivity contribution is 5.88. The number of rotatable bonds is 1. The summed E-state index contributed by atoms with van der Waals surface area (Å²) in [5, 5.41) is 8.09. The van der Waals surface area contributed by atoms with Crippen molar-refractivity contribution in [2.75, 3.05) is 26.7 Å². The molecule has 0 atom stereocenters. The van der Waals surface area contributed by atoms with Crippen LogP contribution in [0.5, 0.6) is 0 Å². The predicted molar refractivity (Wildman–Crippen MR) is 58.9 cm³/mol. The first-order valence-corrected chi connectivity index (χ1v) is 5.76. The van der Waals surface area contributed by atoms with Crippen LogP contribution in [0.2, 0.25) is 0 Å². The lowest BCUT2D eigenvalue weighted by atomic mass is 10.1. The Hall–Kier alpha value is -1.06. The predicted octanol–water partition coefficient (Wildman–Crippen LogP) is 0.928. The van der Waals surface area contributed by atoms with Gasteiger partial charge in [-0.3, -0.25) is 10.2 Å². The van der Waals surface area contributed by atoms with Crippen LogP contribution in [-0.2, 0) is 4.79 Å². The standard InChI is InChI=1S/C11H19N3O/c1-13-6-7-14(8-10(13)15)11(12)9-4-2-3-5-9/h9,12H,2-8H2,1H3. The molecule has 84 valence electrons. The van der Waals surface area contributed by atoms with E-state index in [1.807, 2.05) is 11.9 Å².